The third kappa shape index (κ3) is 3.06. The molecular formula is C34H55NO. The smallest absolute Gasteiger partial charge is 0.0594 e. The van der Waals surface area contributed by atoms with Crippen molar-refractivity contribution in [1.29, 1.82) is 0 Å². The molecule has 0 amide bonds. The van der Waals surface area contributed by atoms with Gasteiger partial charge in [-0.2, -0.15) is 0 Å². The van der Waals surface area contributed by atoms with Gasteiger partial charge < -0.3 is 10.0 Å². The zero-order valence-corrected chi connectivity index (χ0v) is 24.7. The number of fused-ring (bicyclic) bond motifs is 6. The van der Waals surface area contributed by atoms with E-state index in [4.69, 9.17) is 6.58 Å². The molecule has 2 nitrogen and oxygen atoms in total. The lowest BCUT2D eigenvalue weighted by Gasteiger charge is -2.71. The van der Waals surface area contributed by atoms with E-state index in [1.807, 2.05) is 11.1 Å². The van der Waals surface area contributed by atoms with Crippen LogP contribution in [0, 0.1) is 44.3 Å². The summed E-state index contributed by atoms with van der Waals surface area (Å²) in [6, 6.07) is 0. The van der Waals surface area contributed by atoms with Crippen LogP contribution in [-0.2, 0) is 0 Å². The molecule has 4 saturated carbocycles. The fraction of sp³-hybridized carbons (Fsp3) is 0.882. The van der Waals surface area contributed by atoms with Crippen molar-refractivity contribution in [3.05, 3.63) is 23.4 Å². The SMILES string of the molecule is C=C(N1CCC1)[C@]12CCC(C)(C)CC1=C1CC[C@@H]3[C@@]4(C)CCC(O)C(C)(C)[C@@H]4CC[C@@]3(C)[C@]1(C)CC2. The van der Waals surface area contributed by atoms with E-state index >= 15 is 0 Å². The highest BCUT2D eigenvalue weighted by atomic mass is 16.3. The Morgan fingerprint density at radius 2 is 1.50 bits per heavy atom. The Balaban J connectivity index is 1.45. The molecule has 7 atom stereocenters. The van der Waals surface area contributed by atoms with E-state index in [0.29, 0.717) is 27.6 Å². The first-order valence-corrected chi connectivity index (χ1v) is 15.6. The molecule has 1 unspecified atom stereocenters. The van der Waals surface area contributed by atoms with Crippen LogP contribution in [0.1, 0.15) is 126 Å². The topological polar surface area (TPSA) is 23.5 Å². The number of aliphatic hydroxyl groups is 1. The van der Waals surface area contributed by atoms with Gasteiger partial charge in [-0.25, -0.2) is 0 Å². The first kappa shape index (κ1) is 25.5. The Hall–Kier alpha value is -0.760. The highest BCUT2D eigenvalue weighted by Crippen LogP contribution is 2.76. The van der Waals surface area contributed by atoms with E-state index in [-0.39, 0.29) is 16.9 Å². The monoisotopic (exact) mass is 493 g/mol. The van der Waals surface area contributed by atoms with Crippen LogP contribution < -0.4 is 0 Å². The zero-order valence-electron chi connectivity index (χ0n) is 24.7. The van der Waals surface area contributed by atoms with E-state index in [0.717, 1.165) is 12.3 Å². The van der Waals surface area contributed by atoms with E-state index in [2.05, 4.69) is 53.4 Å². The Morgan fingerprint density at radius 3 is 2.17 bits per heavy atom. The average molecular weight is 494 g/mol. The van der Waals surface area contributed by atoms with E-state index in [1.54, 1.807) is 0 Å². The summed E-state index contributed by atoms with van der Waals surface area (Å²) in [6.45, 7) is 25.2. The molecule has 0 bridgehead atoms. The second kappa shape index (κ2) is 7.67. The average Bonchev–Trinajstić information content (AvgIpc) is 2.75. The lowest BCUT2D eigenvalue weighted by atomic mass is 9.34. The van der Waals surface area contributed by atoms with Crippen molar-refractivity contribution in [3.8, 4) is 0 Å². The molecule has 1 N–H and O–H groups in total. The van der Waals surface area contributed by atoms with Crippen molar-refractivity contribution in [2.24, 2.45) is 44.3 Å². The summed E-state index contributed by atoms with van der Waals surface area (Å²) in [4.78, 5) is 2.64. The molecule has 1 saturated heterocycles. The Bertz CT molecular complexity index is 985. The summed E-state index contributed by atoms with van der Waals surface area (Å²) < 4.78 is 0. The Labute approximate surface area is 222 Å². The summed E-state index contributed by atoms with van der Waals surface area (Å²) >= 11 is 0. The molecule has 0 radical (unpaired) electrons. The highest BCUT2D eigenvalue weighted by Gasteiger charge is 2.67. The van der Waals surface area contributed by atoms with Gasteiger partial charge in [-0.3, -0.25) is 0 Å². The molecule has 1 heterocycles. The molecule has 2 heteroatoms. The molecule has 0 aromatic heterocycles. The fourth-order valence-corrected chi connectivity index (χ4v) is 11.6. The van der Waals surface area contributed by atoms with Crippen LogP contribution in [0.3, 0.4) is 0 Å². The molecule has 6 rings (SSSR count). The van der Waals surface area contributed by atoms with Crippen LogP contribution in [-0.4, -0.2) is 29.2 Å². The fourth-order valence-electron chi connectivity index (χ4n) is 11.6. The lowest BCUT2D eigenvalue weighted by molar-refractivity contribution is -0.204. The van der Waals surface area contributed by atoms with Gasteiger partial charge in [0.25, 0.3) is 0 Å². The number of nitrogens with zero attached hydrogens (tertiary/aromatic N) is 1. The maximum Gasteiger partial charge on any atom is 0.0594 e. The molecule has 36 heavy (non-hydrogen) atoms. The summed E-state index contributed by atoms with van der Waals surface area (Å²) in [5.74, 6) is 1.42. The van der Waals surface area contributed by atoms with Crippen molar-refractivity contribution in [1.82, 2.24) is 4.90 Å². The first-order chi connectivity index (χ1) is 16.7. The third-order valence-corrected chi connectivity index (χ3v) is 14.3. The van der Waals surface area contributed by atoms with Crippen molar-refractivity contribution in [2.45, 2.75) is 132 Å². The van der Waals surface area contributed by atoms with Crippen LogP contribution >= 0.6 is 0 Å². The van der Waals surface area contributed by atoms with Crippen molar-refractivity contribution in [2.75, 3.05) is 13.1 Å². The zero-order chi connectivity index (χ0) is 25.9. The van der Waals surface area contributed by atoms with Crippen LogP contribution in [0.4, 0.5) is 0 Å². The van der Waals surface area contributed by atoms with Gasteiger partial charge in [0.2, 0.25) is 0 Å². The maximum absolute atomic E-state index is 11.0. The van der Waals surface area contributed by atoms with Gasteiger partial charge in [0, 0.05) is 24.2 Å². The maximum atomic E-state index is 11.0. The third-order valence-electron chi connectivity index (χ3n) is 14.3. The van der Waals surface area contributed by atoms with Crippen molar-refractivity contribution >= 4 is 0 Å². The molecule has 202 valence electrons. The van der Waals surface area contributed by atoms with Crippen LogP contribution in [0.15, 0.2) is 23.4 Å². The Kier molecular flexibility index (Phi) is 5.43. The molecular weight excluding hydrogens is 438 g/mol. The minimum absolute atomic E-state index is 0.0397. The summed E-state index contributed by atoms with van der Waals surface area (Å²) in [5.41, 5.74) is 6.95. The second-order valence-electron chi connectivity index (χ2n) is 16.5. The van der Waals surface area contributed by atoms with Crippen LogP contribution in [0.2, 0.25) is 0 Å². The highest BCUT2D eigenvalue weighted by molar-refractivity contribution is 5.43. The van der Waals surface area contributed by atoms with Gasteiger partial charge in [-0.05, 0) is 116 Å². The van der Waals surface area contributed by atoms with Gasteiger partial charge in [0.15, 0.2) is 0 Å². The number of aliphatic hydroxyl groups excluding tert-OH is 1. The van der Waals surface area contributed by atoms with Crippen molar-refractivity contribution < 1.29 is 5.11 Å². The predicted molar refractivity (Wildman–Crippen MR) is 150 cm³/mol. The summed E-state index contributed by atoms with van der Waals surface area (Å²) in [5, 5.41) is 11.0. The minimum atomic E-state index is -0.135. The van der Waals surface area contributed by atoms with E-state index < -0.39 is 0 Å². The number of likely N-dealkylation sites (tertiary alicyclic amines) is 1. The largest absolute Gasteiger partial charge is 0.393 e. The molecule has 1 aliphatic heterocycles. The lowest BCUT2D eigenvalue weighted by Crippen LogP contribution is -2.64. The van der Waals surface area contributed by atoms with E-state index in [9.17, 15) is 5.11 Å². The minimum Gasteiger partial charge on any atom is -0.393 e. The van der Waals surface area contributed by atoms with Gasteiger partial charge in [0.1, 0.15) is 0 Å². The van der Waals surface area contributed by atoms with Gasteiger partial charge in [-0.15, -0.1) is 0 Å². The van der Waals surface area contributed by atoms with Crippen LogP contribution in [0.25, 0.3) is 0 Å². The standard InChI is InChI=1S/C34H55NO/c1-23(35-20-9-21-35)34-18-16-29(2,3)22-25(34)24-10-11-27-31(6)14-13-28(36)30(4,5)26(31)12-15-33(27,8)32(24,7)17-19-34/h26-28,36H,1,9-22H2,2-8H3/t26-,27+,28?,31-,32+,33+,34+/m0/s1. The summed E-state index contributed by atoms with van der Waals surface area (Å²) in [7, 11) is 0. The first-order valence-electron chi connectivity index (χ1n) is 15.6. The predicted octanol–water partition coefficient (Wildman–Crippen LogP) is 8.51. The van der Waals surface area contributed by atoms with Gasteiger partial charge in [0.05, 0.1) is 6.10 Å². The molecule has 0 aromatic carbocycles. The number of hydrogen-bond donors (Lipinski definition) is 1. The molecule has 0 spiro atoms. The van der Waals surface area contributed by atoms with E-state index in [1.165, 1.54) is 89.4 Å². The van der Waals surface area contributed by atoms with Gasteiger partial charge in [-0.1, -0.05) is 66.2 Å². The van der Waals surface area contributed by atoms with Crippen LogP contribution in [0.5, 0.6) is 0 Å². The van der Waals surface area contributed by atoms with Gasteiger partial charge >= 0.3 is 0 Å². The normalized spacial score (nSPS) is 49.2. The molecule has 0 aromatic rings. The molecule has 5 aliphatic carbocycles. The quantitative estimate of drug-likeness (QED) is 0.390. The molecule has 5 fully saturated rings. The number of hydrogen-bond acceptors (Lipinski definition) is 2. The Morgan fingerprint density at radius 1 is 0.806 bits per heavy atom. The number of rotatable bonds is 2. The molecule has 6 aliphatic rings. The number of allylic oxidation sites excluding steroid dienone is 2. The summed E-state index contributed by atoms with van der Waals surface area (Å²) in [6.07, 6.45) is 15.3. The van der Waals surface area contributed by atoms with Crippen molar-refractivity contribution in [3.63, 3.8) is 0 Å². The second-order valence-corrected chi connectivity index (χ2v) is 16.5.